The van der Waals surface area contributed by atoms with Gasteiger partial charge in [-0.2, -0.15) is 0 Å². The van der Waals surface area contributed by atoms with E-state index in [9.17, 15) is 13.2 Å². The third kappa shape index (κ3) is 4.91. The topological polar surface area (TPSA) is 103 Å². The SMILES string of the molecule is COC1CCC(CN2C(=O)N(C3NNC(C)S3)C3CC(S(=O)(=O)NC4(C)CC4)CCC32)CC1. The number of hydrogen-bond acceptors (Lipinski definition) is 7. The number of sulfonamides is 1. The summed E-state index contributed by atoms with van der Waals surface area (Å²) in [5.41, 5.74) is 6.02. The molecule has 2 amide bonds. The van der Waals surface area contributed by atoms with E-state index in [-0.39, 0.29) is 34.5 Å². The molecule has 0 aromatic carbocycles. The molecule has 33 heavy (non-hydrogen) atoms. The predicted molar refractivity (Wildman–Crippen MR) is 129 cm³/mol. The molecule has 11 heteroatoms. The number of carbonyl (C=O) groups excluding carboxylic acids is 1. The van der Waals surface area contributed by atoms with Gasteiger partial charge in [-0.1, -0.05) is 0 Å². The first-order chi connectivity index (χ1) is 15.7. The Labute approximate surface area is 202 Å². The summed E-state index contributed by atoms with van der Waals surface area (Å²) in [6.07, 6.45) is 8.25. The number of hydrogen-bond donors (Lipinski definition) is 3. The number of fused-ring (bicyclic) bond motifs is 1. The van der Waals surface area contributed by atoms with Crippen molar-refractivity contribution in [3.05, 3.63) is 0 Å². The number of methoxy groups -OCH3 is 1. The van der Waals surface area contributed by atoms with E-state index in [0.717, 1.165) is 51.5 Å². The number of carbonyl (C=O) groups is 1. The zero-order valence-corrected chi connectivity index (χ0v) is 21.6. The lowest BCUT2D eigenvalue weighted by atomic mass is 9.85. The van der Waals surface area contributed by atoms with Crippen molar-refractivity contribution >= 4 is 27.8 Å². The molecule has 9 nitrogen and oxygen atoms in total. The number of ether oxygens (including phenoxy) is 1. The number of hydrazine groups is 1. The molecule has 3 N–H and O–H groups in total. The smallest absolute Gasteiger partial charge is 0.322 e. The van der Waals surface area contributed by atoms with E-state index in [0.29, 0.717) is 24.9 Å². The standard InChI is InChI=1S/C22H39N5O4S2/c1-14-23-24-20(32-14)27-19-12-17(33(29,30)25-22(2)10-11-22)8-9-18(19)26(21(27)28)13-15-4-6-16(31-3)7-5-15/h14-20,23-25H,4-13H2,1-3H3. The van der Waals surface area contributed by atoms with Crippen molar-refractivity contribution < 1.29 is 17.9 Å². The van der Waals surface area contributed by atoms with Crippen LogP contribution in [0.1, 0.15) is 71.6 Å². The van der Waals surface area contributed by atoms with Crippen LogP contribution in [0.2, 0.25) is 0 Å². The first kappa shape index (κ1) is 24.1. The lowest BCUT2D eigenvalue weighted by molar-refractivity contribution is 0.0500. The third-order valence-electron chi connectivity index (χ3n) is 8.36. The Kier molecular flexibility index (Phi) is 6.67. The molecular weight excluding hydrogens is 462 g/mol. The average Bonchev–Trinajstić information content (AvgIpc) is 3.23. The van der Waals surface area contributed by atoms with Crippen molar-refractivity contribution in [1.29, 1.82) is 0 Å². The van der Waals surface area contributed by atoms with E-state index in [2.05, 4.69) is 27.4 Å². The van der Waals surface area contributed by atoms with Crippen LogP contribution >= 0.6 is 11.8 Å². The maximum Gasteiger partial charge on any atom is 0.322 e. The number of urea groups is 1. The second kappa shape index (κ2) is 9.13. The van der Waals surface area contributed by atoms with Gasteiger partial charge in [0.2, 0.25) is 10.0 Å². The Balaban J connectivity index is 1.33. The van der Waals surface area contributed by atoms with Crippen molar-refractivity contribution in [2.75, 3.05) is 13.7 Å². The summed E-state index contributed by atoms with van der Waals surface area (Å²) in [7, 11) is -1.63. The molecule has 5 unspecified atom stereocenters. The molecule has 0 radical (unpaired) electrons. The van der Waals surface area contributed by atoms with Crippen LogP contribution in [0, 0.1) is 5.92 Å². The summed E-state index contributed by atoms with van der Waals surface area (Å²) in [5, 5.41) is -0.250. The lowest BCUT2D eigenvalue weighted by Crippen LogP contribution is -2.53. The molecule has 2 saturated heterocycles. The molecule has 0 aromatic heterocycles. The van der Waals surface area contributed by atoms with E-state index in [4.69, 9.17) is 4.74 Å². The van der Waals surface area contributed by atoms with E-state index in [1.165, 1.54) is 0 Å². The summed E-state index contributed by atoms with van der Waals surface area (Å²) in [6, 6.07) is 0.0473. The van der Waals surface area contributed by atoms with Crippen molar-refractivity contribution in [1.82, 2.24) is 25.4 Å². The van der Waals surface area contributed by atoms with Gasteiger partial charge in [-0.25, -0.2) is 28.8 Å². The van der Waals surface area contributed by atoms with Crippen LogP contribution in [0.3, 0.4) is 0 Å². The molecule has 5 aliphatic rings. The van der Waals surface area contributed by atoms with Gasteiger partial charge in [-0.3, -0.25) is 4.90 Å². The summed E-state index contributed by atoms with van der Waals surface area (Å²) >= 11 is 1.68. The third-order valence-corrected chi connectivity index (χ3v) is 11.6. The van der Waals surface area contributed by atoms with Crippen LogP contribution in [-0.4, -0.2) is 77.8 Å². The number of nitrogens with zero attached hydrogens (tertiary/aromatic N) is 2. The Morgan fingerprint density at radius 2 is 1.85 bits per heavy atom. The van der Waals surface area contributed by atoms with Crippen molar-refractivity contribution in [3.63, 3.8) is 0 Å². The first-order valence-electron chi connectivity index (χ1n) is 12.5. The zero-order chi connectivity index (χ0) is 23.4. The Bertz CT molecular complexity index is 846. The van der Waals surface area contributed by atoms with Gasteiger partial charge in [0.25, 0.3) is 0 Å². The van der Waals surface area contributed by atoms with Crippen LogP contribution in [-0.2, 0) is 14.8 Å². The molecule has 2 aliphatic heterocycles. The fourth-order valence-electron chi connectivity index (χ4n) is 6.09. The van der Waals surface area contributed by atoms with Gasteiger partial charge in [-0.15, -0.1) is 11.8 Å². The minimum absolute atomic E-state index is 0.0555. The Morgan fingerprint density at radius 1 is 1.12 bits per heavy atom. The van der Waals surface area contributed by atoms with Gasteiger partial charge < -0.3 is 9.64 Å². The van der Waals surface area contributed by atoms with Gasteiger partial charge in [-0.05, 0) is 77.6 Å². The highest BCUT2D eigenvalue weighted by Gasteiger charge is 2.54. The highest BCUT2D eigenvalue weighted by Crippen LogP contribution is 2.42. The average molecular weight is 502 g/mol. The highest BCUT2D eigenvalue weighted by molar-refractivity contribution is 8.00. The molecule has 0 spiro atoms. The second-order valence-electron chi connectivity index (χ2n) is 10.9. The second-order valence-corrected chi connectivity index (χ2v) is 14.3. The number of thioether (sulfide) groups is 1. The minimum atomic E-state index is -3.41. The molecule has 5 fully saturated rings. The maximum absolute atomic E-state index is 13.7. The summed E-state index contributed by atoms with van der Waals surface area (Å²) in [6.45, 7) is 4.81. The Morgan fingerprint density at radius 3 is 2.45 bits per heavy atom. The summed E-state index contributed by atoms with van der Waals surface area (Å²) < 4.78 is 34.8. The maximum atomic E-state index is 13.7. The van der Waals surface area contributed by atoms with Crippen LogP contribution < -0.4 is 15.6 Å². The van der Waals surface area contributed by atoms with Crippen LogP contribution in [0.25, 0.3) is 0 Å². The van der Waals surface area contributed by atoms with Gasteiger partial charge in [0.15, 0.2) is 0 Å². The largest absolute Gasteiger partial charge is 0.381 e. The molecule has 0 aromatic rings. The minimum Gasteiger partial charge on any atom is -0.381 e. The van der Waals surface area contributed by atoms with E-state index in [1.54, 1.807) is 18.9 Å². The fraction of sp³-hybridized carbons (Fsp3) is 0.955. The van der Waals surface area contributed by atoms with Gasteiger partial charge >= 0.3 is 6.03 Å². The van der Waals surface area contributed by atoms with E-state index >= 15 is 0 Å². The highest BCUT2D eigenvalue weighted by atomic mass is 32.2. The number of amides is 2. The van der Waals surface area contributed by atoms with E-state index in [1.807, 2.05) is 11.8 Å². The fourth-order valence-corrected chi connectivity index (χ4v) is 9.08. The first-order valence-corrected chi connectivity index (χ1v) is 15.0. The Hall–Kier alpha value is -0.590. The molecule has 3 saturated carbocycles. The van der Waals surface area contributed by atoms with Crippen LogP contribution in [0.15, 0.2) is 0 Å². The van der Waals surface area contributed by atoms with Crippen molar-refractivity contribution in [2.45, 2.75) is 111 Å². The normalized spacial score (nSPS) is 40.8. The quantitative estimate of drug-likeness (QED) is 0.491. The number of nitrogens with one attached hydrogen (secondary N) is 3. The predicted octanol–water partition coefficient (Wildman–Crippen LogP) is 2.16. The molecule has 5 atom stereocenters. The zero-order valence-electron chi connectivity index (χ0n) is 20.0. The summed E-state index contributed by atoms with van der Waals surface area (Å²) in [4.78, 5) is 17.7. The molecule has 3 aliphatic carbocycles. The van der Waals surface area contributed by atoms with Crippen LogP contribution in [0.5, 0.6) is 0 Å². The van der Waals surface area contributed by atoms with Crippen molar-refractivity contribution in [3.8, 4) is 0 Å². The van der Waals surface area contributed by atoms with Crippen molar-refractivity contribution in [2.24, 2.45) is 5.92 Å². The molecule has 2 heterocycles. The van der Waals surface area contributed by atoms with Gasteiger partial charge in [0.05, 0.1) is 28.8 Å². The molecule has 0 bridgehead atoms. The van der Waals surface area contributed by atoms with Gasteiger partial charge in [0.1, 0.15) is 5.50 Å². The molecule has 188 valence electrons. The number of rotatable bonds is 7. The van der Waals surface area contributed by atoms with Gasteiger partial charge in [0, 0.05) is 19.2 Å². The van der Waals surface area contributed by atoms with E-state index < -0.39 is 15.3 Å². The molecule has 5 rings (SSSR count). The van der Waals surface area contributed by atoms with Crippen LogP contribution in [0.4, 0.5) is 4.79 Å². The summed E-state index contributed by atoms with van der Waals surface area (Å²) in [5.74, 6) is 0.486. The monoisotopic (exact) mass is 501 g/mol. The molecular formula is C22H39N5O4S2. The lowest BCUT2D eigenvalue weighted by Gasteiger charge is -2.38.